The number of rotatable bonds is 3. The topological polar surface area (TPSA) is 64.6 Å². The first kappa shape index (κ1) is 17.6. The van der Waals surface area contributed by atoms with E-state index < -0.39 is 23.7 Å². The fourth-order valence-corrected chi connectivity index (χ4v) is 2.98. The Morgan fingerprint density at radius 1 is 1.35 bits per heavy atom. The Morgan fingerprint density at radius 3 is 2.65 bits per heavy atom. The van der Waals surface area contributed by atoms with Gasteiger partial charge in [0.1, 0.15) is 5.60 Å². The summed E-state index contributed by atoms with van der Waals surface area (Å²) in [7, 11) is 0. The Labute approximate surface area is 141 Å². The summed E-state index contributed by atoms with van der Waals surface area (Å²) in [6, 6.07) is 4.94. The Bertz CT molecular complexity index is 609. The van der Waals surface area contributed by atoms with Gasteiger partial charge < -0.3 is 14.8 Å². The van der Waals surface area contributed by atoms with Gasteiger partial charge in [-0.2, -0.15) is 0 Å². The van der Waals surface area contributed by atoms with Crippen LogP contribution in [-0.2, 0) is 20.7 Å². The van der Waals surface area contributed by atoms with Crippen molar-refractivity contribution in [2.75, 3.05) is 6.61 Å². The molecule has 0 aliphatic heterocycles. The van der Waals surface area contributed by atoms with Gasteiger partial charge in [0.25, 0.3) is 0 Å². The lowest BCUT2D eigenvalue weighted by atomic mass is 10.0. The van der Waals surface area contributed by atoms with Gasteiger partial charge in [0, 0.05) is 5.02 Å². The largest absolute Gasteiger partial charge is 0.466 e. The highest BCUT2D eigenvalue weighted by molar-refractivity contribution is 6.31. The predicted octanol–water partition coefficient (Wildman–Crippen LogP) is 3.64. The molecule has 0 bridgehead atoms. The number of hydrogen-bond donors (Lipinski definition) is 1. The standard InChI is InChI=1S/C17H22ClNO4/c1-5-22-15(20)12-9-11-10(7-6-8-13(11)18)14(12)19-16(21)23-17(2,3)4/h6-8,12,14H,5,9H2,1-4H3,(H,19,21)/t12-,14-/m1/s1. The van der Waals surface area contributed by atoms with Crippen LogP contribution in [0.5, 0.6) is 0 Å². The minimum Gasteiger partial charge on any atom is -0.466 e. The zero-order chi connectivity index (χ0) is 17.2. The van der Waals surface area contributed by atoms with Crippen LogP contribution < -0.4 is 5.32 Å². The van der Waals surface area contributed by atoms with E-state index in [1.807, 2.05) is 6.07 Å². The van der Waals surface area contributed by atoms with Gasteiger partial charge in [0.15, 0.2) is 0 Å². The average molecular weight is 340 g/mol. The monoisotopic (exact) mass is 339 g/mol. The zero-order valence-corrected chi connectivity index (χ0v) is 14.6. The number of alkyl carbamates (subject to hydrolysis) is 1. The Hall–Kier alpha value is -1.75. The highest BCUT2D eigenvalue weighted by Gasteiger charge is 2.40. The number of carbonyl (C=O) groups is 2. The summed E-state index contributed by atoms with van der Waals surface area (Å²) < 4.78 is 10.4. The van der Waals surface area contributed by atoms with Gasteiger partial charge in [-0.3, -0.25) is 4.79 Å². The van der Waals surface area contributed by atoms with Crippen LogP contribution in [0.1, 0.15) is 44.9 Å². The van der Waals surface area contributed by atoms with E-state index in [9.17, 15) is 9.59 Å². The molecule has 0 fully saturated rings. The minimum absolute atomic E-state index is 0.290. The second kappa shape index (κ2) is 6.79. The molecular weight excluding hydrogens is 318 g/mol. The molecule has 2 rings (SSSR count). The first-order chi connectivity index (χ1) is 10.7. The van der Waals surface area contributed by atoms with Crippen molar-refractivity contribution < 1.29 is 19.1 Å². The van der Waals surface area contributed by atoms with E-state index in [0.717, 1.165) is 11.1 Å². The van der Waals surface area contributed by atoms with E-state index in [1.54, 1.807) is 39.8 Å². The summed E-state index contributed by atoms with van der Waals surface area (Å²) in [5.74, 6) is -0.849. The molecule has 23 heavy (non-hydrogen) atoms. The van der Waals surface area contributed by atoms with E-state index in [-0.39, 0.29) is 5.97 Å². The SMILES string of the molecule is CCOC(=O)[C@@H]1Cc2c(Cl)cccc2[C@H]1NC(=O)OC(C)(C)C. The molecule has 6 heteroatoms. The van der Waals surface area contributed by atoms with E-state index >= 15 is 0 Å². The van der Waals surface area contributed by atoms with Crippen molar-refractivity contribution in [1.82, 2.24) is 5.32 Å². The molecule has 1 aromatic rings. The van der Waals surface area contributed by atoms with Crippen LogP contribution in [-0.4, -0.2) is 24.3 Å². The van der Waals surface area contributed by atoms with Crippen molar-refractivity contribution in [3.8, 4) is 0 Å². The molecule has 0 heterocycles. The van der Waals surface area contributed by atoms with Gasteiger partial charge >= 0.3 is 12.1 Å². The number of benzene rings is 1. The summed E-state index contributed by atoms with van der Waals surface area (Å²) in [4.78, 5) is 24.4. The summed E-state index contributed by atoms with van der Waals surface area (Å²) in [5, 5.41) is 3.38. The second-order valence-electron chi connectivity index (χ2n) is 6.49. The summed E-state index contributed by atoms with van der Waals surface area (Å²) in [6.45, 7) is 7.40. The third kappa shape index (κ3) is 4.16. The van der Waals surface area contributed by atoms with Crippen molar-refractivity contribution in [3.05, 3.63) is 34.3 Å². The lowest BCUT2D eigenvalue weighted by Crippen LogP contribution is -2.38. The van der Waals surface area contributed by atoms with Gasteiger partial charge in [-0.25, -0.2) is 4.79 Å². The van der Waals surface area contributed by atoms with Gasteiger partial charge in [-0.15, -0.1) is 0 Å². The molecule has 0 radical (unpaired) electrons. The van der Waals surface area contributed by atoms with E-state index in [1.165, 1.54) is 0 Å². The summed E-state index contributed by atoms with van der Waals surface area (Å²) >= 11 is 6.23. The van der Waals surface area contributed by atoms with Crippen LogP contribution in [0.4, 0.5) is 4.79 Å². The van der Waals surface area contributed by atoms with Gasteiger partial charge in [0.05, 0.1) is 18.6 Å². The quantitative estimate of drug-likeness (QED) is 0.854. The second-order valence-corrected chi connectivity index (χ2v) is 6.90. The van der Waals surface area contributed by atoms with Crippen LogP contribution in [0.15, 0.2) is 18.2 Å². The van der Waals surface area contributed by atoms with Crippen LogP contribution >= 0.6 is 11.6 Å². The maximum absolute atomic E-state index is 12.2. The summed E-state index contributed by atoms with van der Waals surface area (Å²) in [5.41, 5.74) is 1.09. The smallest absolute Gasteiger partial charge is 0.408 e. The maximum Gasteiger partial charge on any atom is 0.408 e. The van der Waals surface area contributed by atoms with Gasteiger partial charge in [0.2, 0.25) is 0 Å². The normalized spacial score (nSPS) is 19.9. The number of carbonyl (C=O) groups excluding carboxylic acids is 2. The van der Waals surface area contributed by atoms with Gasteiger partial charge in [-0.1, -0.05) is 23.7 Å². The minimum atomic E-state index is -0.612. The molecule has 1 aromatic carbocycles. The Balaban J connectivity index is 2.26. The van der Waals surface area contributed by atoms with E-state index in [0.29, 0.717) is 18.1 Å². The lowest BCUT2D eigenvalue weighted by Gasteiger charge is -2.24. The first-order valence-electron chi connectivity index (χ1n) is 7.66. The number of esters is 1. The predicted molar refractivity (Wildman–Crippen MR) is 87.4 cm³/mol. The number of nitrogens with one attached hydrogen (secondary N) is 1. The van der Waals surface area contributed by atoms with Crippen LogP contribution in [0.3, 0.4) is 0 Å². The molecule has 0 saturated heterocycles. The highest BCUT2D eigenvalue weighted by Crippen LogP contribution is 2.40. The number of ether oxygens (including phenoxy) is 2. The fourth-order valence-electron chi connectivity index (χ4n) is 2.72. The van der Waals surface area contributed by atoms with Crippen molar-refractivity contribution in [1.29, 1.82) is 0 Å². The maximum atomic E-state index is 12.2. The molecule has 5 nitrogen and oxygen atoms in total. The fraction of sp³-hybridized carbons (Fsp3) is 0.529. The molecule has 0 unspecified atom stereocenters. The number of fused-ring (bicyclic) bond motifs is 1. The van der Waals surface area contributed by atoms with Crippen molar-refractivity contribution in [2.24, 2.45) is 5.92 Å². The molecule has 1 aliphatic rings. The third-order valence-electron chi connectivity index (χ3n) is 3.58. The molecule has 1 aliphatic carbocycles. The molecule has 126 valence electrons. The van der Waals surface area contributed by atoms with Crippen LogP contribution in [0, 0.1) is 5.92 Å². The van der Waals surface area contributed by atoms with E-state index in [2.05, 4.69) is 5.32 Å². The van der Waals surface area contributed by atoms with Gasteiger partial charge in [-0.05, 0) is 51.3 Å². The summed E-state index contributed by atoms with van der Waals surface area (Å²) in [6.07, 6.45) is -0.126. The molecule has 0 aromatic heterocycles. The molecular formula is C17H22ClNO4. The Morgan fingerprint density at radius 2 is 2.04 bits per heavy atom. The molecule has 2 atom stereocenters. The molecule has 0 saturated carbocycles. The van der Waals surface area contributed by atoms with Crippen LogP contribution in [0.2, 0.25) is 5.02 Å². The third-order valence-corrected chi connectivity index (χ3v) is 3.93. The van der Waals surface area contributed by atoms with Crippen molar-refractivity contribution >= 4 is 23.7 Å². The number of amides is 1. The number of halogens is 1. The molecule has 1 amide bonds. The number of hydrogen-bond acceptors (Lipinski definition) is 4. The molecule has 1 N–H and O–H groups in total. The van der Waals surface area contributed by atoms with Crippen molar-refractivity contribution in [2.45, 2.75) is 45.8 Å². The highest BCUT2D eigenvalue weighted by atomic mass is 35.5. The van der Waals surface area contributed by atoms with Crippen molar-refractivity contribution in [3.63, 3.8) is 0 Å². The average Bonchev–Trinajstić information content (AvgIpc) is 2.77. The van der Waals surface area contributed by atoms with Crippen LogP contribution in [0.25, 0.3) is 0 Å². The zero-order valence-electron chi connectivity index (χ0n) is 13.8. The lowest BCUT2D eigenvalue weighted by molar-refractivity contribution is -0.148. The van der Waals surface area contributed by atoms with E-state index in [4.69, 9.17) is 21.1 Å². The first-order valence-corrected chi connectivity index (χ1v) is 8.04. The Kier molecular flexibility index (Phi) is 5.19. The molecule has 0 spiro atoms.